The van der Waals surface area contributed by atoms with Crippen LogP contribution in [-0.2, 0) is 9.47 Å². The molecule has 0 fully saturated rings. The van der Waals surface area contributed by atoms with Gasteiger partial charge in [-0.25, -0.2) is 0 Å². The molecule has 0 saturated carbocycles. The van der Waals surface area contributed by atoms with Crippen molar-refractivity contribution in [1.82, 2.24) is 4.90 Å². The molecule has 0 spiro atoms. The van der Waals surface area contributed by atoms with Gasteiger partial charge in [0.05, 0.1) is 18.1 Å². The Labute approximate surface area is 127 Å². The molecule has 0 heterocycles. The molecule has 1 amide bonds. The van der Waals surface area contributed by atoms with E-state index in [-0.39, 0.29) is 22.2 Å². The molecule has 0 aliphatic rings. The minimum atomic E-state index is -0.593. The van der Waals surface area contributed by atoms with Gasteiger partial charge in [-0.1, -0.05) is 11.6 Å². The second-order valence-electron chi connectivity index (χ2n) is 4.20. The molecule has 8 heteroatoms. The third kappa shape index (κ3) is 4.96. The first-order valence-electron chi connectivity index (χ1n) is 6.22. The summed E-state index contributed by atoms with van der Waals surface area (Å²) in [5.41, 5.74) is 0.0614. The first-order chi connectivity index (χ1) is 10.0. The maximum Gasteiger partial charge on any atom is 0.287 e. The van der Waals surface area contributed by atoms with Crippen molar-refractivity contribution in [1.29, 1.82) is 0 Å². The SMILES string of the molecule is COCCN(CCOC)C(=O)c1ccc([N+](=O)[O-])c(Cl)c1. The molecule has 0 aliphatic heterocycles. The Bertz CT molecular complexity index is 501. The molecule has 0 aliphatic carbocycles. The van der Waals surface area contributed by atoms with Crippen molar-refractivity contribution in [2.75, 3.05) is 40.5 Å². The lowest BCUT2D eigenvalue weighted by molar-refractivity contribution is -0.384. The zero-order valence-electron chi connectivity index (χ0n) is 11.9. The summed E-state index contributed by atoms with van der Waals surface area (Å²) < 4.78 is 9.93. The average molecular weight is 317 g/mol. The summed E-state index contributed by atoms with van der Waals surface area (Å²) in [4.78, 5) is 24.0. The summed E-state index contributed by atoms with van der Waals surface area (Å²) in [6, 6.07) is 3.91. The molecule has 21 heavy (non-hydrogen) atoms. The van der Waals surface area contributed by atoms with Gasteiger partial charge in [0.2, 0.25) is 0 Å². The van der Waals surface area contributed by atoms with Gasteiger partial charge >= 0.3 is 0 Å². The maximum atomic E-state index is 12.4. The van der Waals surface area contributed by atoms with Gasteiger partial charge in [-0.05, 0) is 12.1 Å². The maximum absolute atomic E-state index is 12.4. The van der Waals surface area contributed by atoms with Gasteiger partial charge in [-0.3, -0.25) is 14.9 Å². The molecule has 0 N–H and O–H groups in total. The highest BCUT2D eigenvalue weighted by atomic mass is 35.5. The number of nitro groups is 1. The number of nitro benzene ring substituents is 1. The van der Waals surface area contributed by atoms with Crippen LogP contribution in [0.3, 0.4) is 0 Å². The van der Waals surface area contributed by atoms with Crippen LogP contribution < -0.4 is 0 Å². The van der Waals surface area contributed by atoms with E-state index in [1.54, 1.807) is 19.1 Å². The van der Waals surface area contributed by atoms with E-state index in [0.29, 0.717) is 26.3 Å². The van der Waals surface area contributed by atoms with E-state index in [1.165, 1.54) is 18.2 Å². The summed E-state index contributed by atoms with van der Waals surface area (Å²) in [6.07, 6.45) is 0. The van der Waals surface area contributed by atoms with Gasteiger partial charge in [-0.15, -0.1) is 0 Å². The van der Waals surface area contributed by atoms with E-state index in [1.807, 2.05) is 0 Å². The van der Waals surface area contributed by atoms with E-state index in [9.17, 15) is 14.9 Å². The standard InChI is InChI=1S/C13H17ClN2O5/c1-20-7-5-15(6-8-21-2)13(17)10-3-4-12(16(18)19)11(14)9-10/h3-4,9H,5-8H2,1-2H3. The van der Waals surface area contributed by atoms with E-state index < -0.39 is 4.92 Å². The largest absolute Gasteiger partial charge is 0.383 e. The fourth-order valence-electron chi connectivity index (χ4n) is 1.69. The molecular formula is C13H17ClN2O5. The van der Waals surface area contributed by atoms with Crippen LogP contribution in [0.5, 0.6) is 0 Å². The van der Waals surface area contributed by atoms with Crippen molar-refractivity contribution in [3.05, 3.63) is 38.9 Å². The first-order valence-corrected chi connectivity index (χ1v) is 6.60. The van der Waals surface area contributed by atoms with Crippen molar-refractivity contribution in [2.45, 2.75) is 0 Å². The van der Waals surface area contributed by atoms with Crippen molar-refractivity contribution in [3.8, 4) is 0 Å². The number of carbonyl (C=O) groups excluding carboxylic acids is 1. The third-order valence-corrected chi connectivity index (χ3v) is 3.11. The normalized spacial score (nSPS) is 10.4. The number of halogens is 1. The highest BCUT2D eigenvalue weighted by Crippen LogP contribution is 2.25. The Morgan fingerprint density at radius 2 is 1.86 bits per heavy atom. The molecule has 116 valence electrons. The lowest BCUT2D eigenvalue weighted by Gasteiger charge is -2.22. The number of methoxy groups -OCH3 is 2. The van der Waals surface area contributed by atoms with E-state index >= 15 is 0 Å². The fourth-order valence-corrected chi connectivity index (χ4v) is 1.94. The van der Waals surface area contributed by atoms with Crippen LogP contribution in [0.2, 0.25) is 5.02 Å². The monoisotopic (exact) mass is 316 g/mol. The lowest BCUT2D eigenvalue weighted by Crippen LogP contribution is -2.36. The second-order valence-corrected chi connectivity index (χ2v) is 4.61. The van der Waals surface area contributed by atoms with Gasteiger partial charge in [0.25, 0.3) is 11.6 Å². The number of carbonyl (C=O) groups is 1. The molecule has 0 aromatic heterocycles. The minimum Gasteiger partial charge on any atom is -0.383 e. The van der Waals surface area contributed by atoms with Gasteiger partial charge in [0.1, 0.15) is 5.02 Å². The zero-order valence-corrected chi connectivity index (χ0v) is 12.6. The average Bonchev–Trinajstić information content (AvgIpc) is 2.46. The van der Waals surface area contributed by atoms with Gasteiger partial charge < -0.3 is 14.4 Å². The summed E-state index contributed by atoms with van der Waals surface area (Å²) in [5, 5.41) is 10.6. The summed E-state index contributed by atoms with van der Waals surface area (Å²) in [7, 11) is 3.09. The number of benzene rings is 1. The number of amides is 1. The number of hydrogen-bond donors (Lipinski definition) is 0. The molecule has 0 radical (unpaired) electrons. The van der Waals surface area contributed by atoms with Crippen molar-refractivity contribution in [3.63, 3.8) is 0 Å². The van der Waals surface area contributed by atoms with Crippen molar-refractivity contribution >= 4 is 23.2 Å². The molecular weight excluding hydrogens is 300 g/mol. The summed E-state index contributed by atoms with van der Waals surface area (Å²) in [5.74, 6) is -0.277. The second kappa shape index (κ2) is 8.56. The topological polar surface area (TPSA) is 81.9 Å². The van der Waals surface area contributed by atoms with Crippen molar-refractivity contribution < 1.29 is 19.2 Å². The fraction of sp³-hybridized carbons (Fsp3) is 0.462. The number of nitrogens with zero attached hydrogens (tertiary/aromatic N) is 2. The van der Waals surface area contributed by atoms with Crippen LogP contribution in [0.15, 0.2) is 18.2 Å². The highest BCUT2D eigenvalue weighted by molar-refractivity contribution is 6.33. The van der Waals surface area contributed by atoms with Crippen molar-refractivity contribution in [2.24, 2.45) is 0 Å². The van der Waals surface area contributed by atoms with E-state index in [0.717, 1.165) is 0 Å². The van der Waals surface area contributed by atoms with E-state index in [4.69, 9.17) is 21.1 Å². The molecule has 0 unspecified atom stereocenters. The van der Waals surface area contributed by atoms with Gasteiger partial charge in [0.15, 0.2) is 0 Å². The predicted molar refractivity (Wildman–Crippen MR) is 77.8 cm³/mol. The van der Waals surface area contributed by atoms with Crippen LogP contribution >= 0.6 is 11.6 Å². The van der Waals surface area contributed by atoms with Crippen LogP contribution in [-0.4, -0.2) is 56.3 Å². The molecule has 0 bridgehead atoms. The number of ether oxygens (including phenoxy) is 2. The van der Waals surface area contributed by atoms with Gasteiger partial charge in [0, 0.05) is 38.9 Å². The Balaban J connectivity index is 2.91. The molecule has 0 saturated heterocycles. The minimum absolute atomic E-state index is 0.0655. The quantitative estimate of drug-likeness (QED) is 0.541. The first kappa shape index (κ1) is 17.4. The third-order valence-electron chi connectivity index (χ3n) is 2.81. The Morgan fingerprint density at radius 3 is 2.29 bits per heavy atom. The van der Waals surface area contributed by atoms with Crippen LogP contribution in [0.4, 0.5) is 5.69 Å². The number of hydrogen-bond acceptors (Lipinski definition) is 5. The highest BCUT2D eigenvalue weighted by Gasteiger charge is 2.19. The van der Waals surface area contributed by atoms with Crippen LogP contribution in [0, 0.1) is 10.1 Å². The molecule has 1 aromatic rings. The summed E-state index contributed by atoms with van der Waals surface area (Å²) >= 11 is 5.82. The summed E-state index contributed by atoms with van der Waals surface area (Å²) in [6.45, 7) is 1.56. The Hall–Kier alpha value is -1.70. The van der Waals surface area contributed by atoms with Gasteiger partial charge in [-0.2, -0.15) is 0 Å². The van der Waals surface area contributed by atoms with Crippen LogP contribution in [0.1, 0.15) is 10.4 Å². The Morgan fingerprint density at radius 1 is 1.29 bits per heavy atom. The molecule has 0 atom stereocenters. The van der Waals surface area contributed by atoms with E-state index in [2.05, 4.69) is 0 Å². The zero-order chi connectivity index (χ0) is 15.8. The smallest absolute Gasteiger partial charge is 0.287 e. The predicted octanol–water partition coefficient (Wildman–Crippen LogP) is 1.98. The number of rotatable bonds is 8. The molecule has 7 nitrogen and oxygen atoms in total. The lowest BCUT2D eigenvalue weighted by atomic mass is 10.1. The van der Waals surface area contributed by atoms with Crippen LogP contribution in [0.25, 0.3) is 0 Å². The Kier molecular flexibility index (Phi) is 7.07. The molecule has 1 rings (SSSR count). The molecule has 1 aromatic carbocycles.